The van der Waals surface area contributed by atoms with Gasteiger partial charge in [-0.1, -0.05) is 65.3 Å². The second-order valence-electron chi connectivity index (χ2n) is 10.1. The van der Waals surface area contributed by atoms with Gasteiger partial charge in [-0.3, -0.25) is 4.79 Å². The van der Waals surface area contributed by atoms with Crippen LogP contribution in [0, 0.1) is 20.8 Å². The SMILES string of the molecule is Cc1ccc2c(c1)CCN(C(=O)Cc1ccc3oc(Cc4c(C)noc4C)cc3c1)C2c1ccccc1. The van der Waals surface area contributed by atoms with Crippen LogP contribution in [0.1, 0.15) is 56.6 Å². The smallest absolute Gasteiger partial charge is 0.227 e. The molecule has 0 N–H and O–H groups in total. The van der Waals surface area contributed by atoms with Crippen LogP contribution < -0.4 is 0 Å². The summed E-state index contributed by atoms with van der Waals surface area (Å²) in [5.41, 5.74) is 8.72. The summed E-state index contributed by atoms with van der Waals surface area (Å²) in [7, 11) is 0. The fourth-order valence-electron chi connectivity index (χ4n) is 5.57. The molecule has 5 aromatic rings. The van der Waals surface area contributed by atoms with E-state index in [0.29, 0.717) is 19.4 Å². The van der Waals surface area contributed by atoms with Gasteiger partial charge < -0.3 is 13.8 Å². The Morgan fingerprint density at radius 2 is 1.84 bits per heavy atom. The molecule has 3 aromatic carbocycles. The third-order valence-electron chi connectivity index (χ3n) is 7.48. The molecule has 5 heteroatoms. The predicted molar refractivity (Wildman–Crippen MR) is 144 cm³/mol. The Labute approximate surface area is 216 Å². The highest BCUT2D eigenvalue weighted by Gasteiger charge is 2.32. The number of aryl methyl sites for hydroxylation is 3. The molecule has 1 aliphatic rings. The largest absolute Gasteiger partial charge is 0.461 e. The summed E-state index contributed by atoms with van der Waals surface area (Å²) in [5, 5.41) is 5.05. The predicted octanol–water partition coefficient (Wildman–Crippen LogP) is 6.65. The van der Waals surface area contributed by atoms with Gasteiger partial charge in [-0.2, -0.15) is 0 Å². The van der Waals surface area contributed by atoms with E-state index in [2.05, 4.69) is 59.4 Å². The van der Waals surface area contributed by atoms with E-state index < -0.39 is 0 Å². The standard InChI is InChI=1S/C32H30N2O3/c1-20-9-11-28-25(15-20)13-14-34(32(28)24-7-5-4-6-8-24)31(35)17-23-10-12-30-26(16-23)18-27(36-30)19-29-21(2)33-37-22(29)3/h4-12,15-16,18,32H,13-14,17,19H2,1-3H3. The number of amides is 1. The first-order valence-electron chi connectivity index (χ1n) is 12.8. The van der Waals surface area contributed by atoms with Crippen LogP contribution in [0.15, 0.2) is 81.7 Å². The van der Waals surface area contributed by atoms with Gasteiger partial charge in [0, 0.05) is 23.9 Å². The summed E-state index contributed by atoms with van der Waals surface area (Å²) in [6.07, 6.45) is 1.86. The third kappa shape index (κ3) is 4.46. The van der Waals surface area contributed by atoms with Gasteiger partial charge in [0.2, 0.25) is 5.91 Å². The number of hydrogen-bond donors (Lipinski definition) is 0. The van der Waals surface area contributed by atoms with Crippen LogP contribution in [-0.2, 0) is 24.1 Å². The number of benzene rings is 3. The average Bonchev–Trinajstić information content (AvgIpc) is 3.45. The molecule has 1 unspecified atom stereocenters. The van der Waals surface area contributed by atoms with Crippen LogP contribution in [-0.4, -0.2) is 22.5 Å². The Balaban J connectivity index is 1.27. The summed E-state index contributed by atoms with van der Waals surface area (Å²) in [4.78, 5) is 15.8. The zero-order valence-corrected chi connectivity index (χ0v) is 21.5. The van der Waals surface area contributed by atoms with Crippen molar-refractivity contribution in [1.29, 1.82) is 0 Å². The molecule has 0 fully saturated rings. The molecule has 0 radical (unpaired) electrons. The molecule has 3 heterocycles. The molecule has 0 saturated heterocycles. The molecule has 0 aliphatic carbocycles. The second-order valence-corrected chi connectivity index (χ2v) is 10.1. The molecular formula is C32H30N2O3. The van der Waals surface area contributed by atoms with Crippen LogP contribution in [0.4, 0.5) is 0 Å². The van der Waals surface area contributed by atoms with Crippen molar-refractivity contribution in [3.8, 4) is 0 Å². The molecule has 6 rings (SSSR count). The first-order valence-corrected chi connectivity index (χ1v) is 12.8. The summed E-state index contributed by atoms with van der Waals surface area (Å²) < 4.78 is 11.4. The van der Waals surface area contributed by atoms with E-state index in [0.717, 1.165) is 51.3 Å². The van der Waals surface area contributed by atoms with E-state index >= 15 is 0 Å². The molecular weight excluding hydrogens is 460 g/mol. The lowest BCUT2D eigenvalue weighted by molar-refractivity contribution is -0.132. The van der Waals surface area contributed by atoms with Gasteiger partial charge in [0.25, 0.3) is 0 Å². The summed E-state index contributed by atoms with van der Waals surface area (Å²) in [6.45, 7) is 6.71. The van der Waals surface area contributed by atoms with Crippen LogP contribution in [0.3, 0.4) is 0 Å². The van der Waals surface area contributed by atoms with Crippen LogP contribution in [0.2, 0.25) is 0 Å². The second kappa shape index (κ2) is 9.40. The van der Waals surface area contributed by atoms with E-state index in [4.69, 9.17) is 8.94 Å². The number of hydrogen-bond acceptors (Lipinski definition) is 4. The summed E-state index contributed by atoms with van der Waals surface area (Å²) in [5.74, 6) is 1.81. The molecule has 1 amide bonds. The minimum Gasteiger partial charge on any atom is -0.461 e. The molecule has 1 aliphatic heterocycles. The first kappa shape index (κ1) is 23.3. The number of rotatable bonds is 5. The first-order chi connectivity index (χ1) is 18.0. The highest BCUT2D eigenvalue weighted by molar-refractivity contribution is 5.84. The molecule has 5 nitrogen and oxygen atoms in total. The number of nitrogens with zero attached hydrogens (tertiary/aromatic N) is 2. The zero-order chi connectivity index (χ0) is 25.5. The lowest BCUT2D eigenvalue weighted by Gasteiger charge is -2.38. The number of aromatic nitrogens is 1. The Morgan fingerprint density at radius 1 is 1.00 bits per heavy atom. The molecule has 0 bridgehead atoms. The van der Waals surface area contributed by atoms with Gasteiger partial charge in [0.05, 0.1) is 18.2 Å². The van der Waals surface area contributed by atoms with Crippen molar-refractivity contribution in [2.45, 2.75) is 46.1 Å². The summed E-state index contributed by atoms with van der Waals surface area (Å²) in [6, 6.07) is 25.0. The van der Waals surface area contributed by atoms with Crippen molar-refractivity contribution in [2.75, 3.05) is 6.54 Å². The fourth-order valence-corrected chi connectivity index (χ4v) is 5.57. The Kier molecular flexibility index (Phi) is 5.91. The molecule has 0 spiro atoms. The fraction of sp³-hybridized carbons (Fsp3) is 0.250. The summed E-state index contributed by atoms with van der Waals surface area (Å²) >= 11 is 0. The highest BCUT2D eigenvalue weighted by atomic mass is 16.5. The van der Waals surface area contributed by atoms with Gasteiger partial charge in [-0.15, -0.1) is 0 Å². The normalized spacial score (nSPS) is 15.2. The Bertz CT molecular complexity index is 1580. The number of carbonyl (C=O) groups excluding carboxylic acids is 1. The average molecular weight is 491 g/mol. The van der Waals surface area contributed by atoms with Crippen LogP contribution in [0.5, 0.6) is 0 Å². The maximum Gasteiger partial charge on any atom is 0.227 e. The molecule has 0 saturated carbocycles. The minimum atomic E-state index is -0.0719. The van der Waals surface area contributed by atoms with E-state index in [1.165, 1.54) is 16.7 Å². The number of carbonyl (C=O) groups is 1. The molecule has 186 valence electrons. The van der Waals surface area contributed by atoms with Crippen molar-refractivity contribution in [1.82, 2.24) is 10.1 Å². The van der Waals surface area contributed by atoms with Gasteiger partial charge in [0.15, 0.2) is 0 Å². The van der Waals surface area contributed by atoms with E-state index in [9.17, 15) is 4.79 Å². The lowest BCUT2D eigenvalue weighted by atomic mass is 9.87. The van der Waals surface area contributed by atoms with Crippen LogP contribution >= 0.6 is 0 Å². The minimum absolute atomic E-state index is 0.0719. The van der Waals surface area contributed by atoms with Crippen molar-refractivity contribution >= 4 is 16.9 Å². The highest BCUT2D eigenvalue weighted by Crippen LogP contribution is 2.36. The topological polar surface area (TPSA) is 59.5 Å². The molecule has 37 heavy (non-hydrogen) atoms. The third-order valence-corrected chi connectivity index (χ3v) is 7.48. The van der Waals surface area contributed by atoms with Gasteiger partial charge >= 0.3 is 0 Å². The lowest BCUT2D eigenvalue weighted by Crippen LogP contribution is -2.41. The van der Waals surface area contributed by atoms with Crippen molar-refractivity contribution in [3.63, 3.8) is 0 Å². The monoisotopic (exact) mass is 490 g/mol. The molecule has 2 aromatic heterocycles. The van der Waals surface area contributed by atoms with E-state index in [-0.39, 0.29) is 11.9 Å². The van der Waals surface area contributed by atoms with Gasteiger partial charge in [-0.05, 0) is 67.6 Å². The maximum atomic E-state index is 13.7. The Hall–Kier alpha value is -4.12. The van der Waals surface area contributed by atoms with Crippen molar-refractivity contribution in [2.24, 2.45) is 0 Å². The van der Waals surface area contributed by atoms with E-state index in [1.807, 2.05) is 44.2 Å². The van der Waals surface area contributed by atoms with Crippen molar-refractivity contribution in [3.05, 3.63) is 123 Å². The Morgan fingerprint density at radius 3 is 2.62 bits per heavy atom. The number of fused-ring (bicyclic) bond motifs is 2. The maximum absolute atomic E-state index is 13.7. The van der Waals surface area contributed by atoms with E-state index in [1.54, 1.807) is 0 Å². The van der Waals surface area contributed by atoms with Gasteiger partial charge in [-0.25, -0.2) is 0 Å². The van der Waals surface area contributed by atoms with Gasteiger partial charge in [0.1, 0.15) is 17.1 Å². The number of furan rings is 1. The quantitative estimate of drug-likeness (QED) is 0.277. The van der Waals surface area contributed by atoms with Crippen LogP contribution in [0.25, 0.3) is 11.0 Å². The molecule has 1 atom stereocenters. The zero-order valence-electron chi connectivity index (χ0n) is 21.5. The van der Waals surface area contributed by atoms with Crippen molar-refractivity contribution < 1.29 is 13.7 Å².